The van der Waals surface area contributed by atoms with Gasteiger partial charge >= 0.3 is 0 Å². The molecule has 0 saturated heterocycles. The number of halogens is 1. The number of carbonyl (C=O) groups excluding carboxylic acids is 1. The third-order valence-electron chi connectivity index (χ3n) is 3.17. The first-order valence-electron chi connectivity index (χ1n) is 6.95. The van der Waals surface area contributed by atoms with E-state index >= 15 is 0 Å². The Kier molecular flexibility index (Phi) is 5.71. The number of hydrogen-bond acceptors (Lipinski definition) is 5. The van der Waals surface area contributed by atoms with Gasteiger partial charge in [0.15, 0.2) is 0 Å². The maximum absolute atomic E-state index is 12.2. The lowest BCUT2D eigenvalue weighted by Gasteiger charge is -2.06. The summed E-state index contributed by atoms with van der Waals surface area (Å²) in [7, 11) is 1.50. The van der Waals surface area contributed by atoms with E-state index in [1.54, 1.807) is 30.3 Å². The van der Waals surface area contributed by atoms with E-state index < -0.39 is 10.8 Å². The molecule has 1 amide bonds. The fourth-order valence-corrected chi connectivity index (χ4v) is 2.16. The van der Waals surface area contributed by atoms with Crippen molar-refractivity contribution in [1.29, 1.82) is 5.26 Å². The second-order valence-corrected chi connectivity index (χ2v) is 5.23. The number of rotatable bonds is 5. The van der Waals surface area contributed by atoms with Crippen LogP contribution in [0.25, 0.3) is 6.08 Å². The van der Waals surface area contributed by atoms with Gasteiger partial charge in [-0.2, -0.15) is 5.26 Å². The Morgan fingerprint density at radius 3 is 2.76 bits per heavy atom. The number of nitro benzene ring substituents is 1. The summed E-state index contributed by atoms with van der Waals surface area (Å²) in [5.41, 5.74) is 0.251. The van der Waals surface area contributed by atoms with Crippen LogP contribution < -0.4 is 10.1 Å². The molecule has 0 atom stereocenters. The smallest absolute Gasteiger partial charge is 0.288 e. The van der Waals surface area contributed by atoms with Crippen molar-refractivity contribution < 1.29 is 14.5 Å². The van der Waals surface area contributed by atoms with Crippen LogP contribution in [0.2, 0.25) is 5.02 Å². The summed E-state index contributed by atoms with van der Waals surface area (Å²) >= 11 is 5.74. The number of hydrogen-bond donors (Lipinski definition) is 1. The zero-order chi connectivity index (χ0) is 18.4. The Labute approximate surface area is 148 Å². The van der Waals surface area contributed by atoms with E-state index in [2.05, 4.69) is 5.32 Å². The minimum absolute atomic E-state index is 0.0264. The van der Waals surface area contributed by atoms with E-state index in [1.165, 1.54) is 31.4 Å². The van der Waals surface area contributed by atoms with Crippen molar-refractivity contribution in [3.05, 3.63) is 68.7 Å². The third-order valence-corrected chi connectivity index (χ3v) is 3.49. The molecule has 0 aromatic heterocycles. The quantitative estimate of drug-likeness (QED) is 0.379. The van der Waals surface area contributed by atoms with Crippen LogP contribution in [0.3, 0.4) is 0 Å². The summed E-state index contributed by atoms with van der Waals surface area (Å²) in [5, 5.41) is 22.7. The molecule has 1 N–H and O–H groups in total. The number of benzene rings is 2. The molecule has 0 heterocycles. The standard InChI is InChI=1S/C17H12ClN3O4/c1-25-14-4-2-3-13(9-14)20-17(22)12(10-19)7-11-5-6-15(18)16(8-11)21(23)24/h2-9H,1H3,(H,20,22)/b12-7+. The lowest BCUT2D eigenvalue weighted by Crippen LogP contribution is -2.13. The van der Waals surface area contributed by atoms with Gasteiger partial charge in [-0.25, -0.2) is 0 Å². The van der Waals surface area contributed by atoms with Gasteiger partial charge < -0.3 is 10.1 Å². The summed E-state index contributed by atoms with van der Waals surface area (Å²) in [6, 6.07) is 12.4. The van der Waals surface area contributed by atoms with Gasteiger partial charge in [-0.3, -0.25) is 14.9 Å². The number of amides is 1. The first kappa shape index (κ1) is 18.0. The van der Waals surface area contributed by atoms with Gasteiger partial charge in [0.25, 0.3) is 11.6 Å². The average Bonchev–Trinajstić information content (AvgIpc) is 2.60. The van der Waals surface area contributed by atoms with Gasteiger partial charge in [-0.05, 0) is 29.8 Å². The monoisotopic (exact) mass is 357 g/mol. The summed E-state index contributed by atoms with van der Waals surface area (Å²) < 4.78 is 5.06. The van der Waals surface area contributed by atoms with Crippen molar-refractivity contribution in [3.63, 3.8) is 0 Å². The molecule has 0 aliphatic heterocycles. The lowest BCUT2D eigenvalue weighted by molar-refractivity contribution is -0.384. The van der Waals surface area contributed by atoms with Crippen LogP contribution >= 0.6 is 11.6 Å². The molecule has 0 spiro atoms. The van der Waals surface area contributed by atoms with Crippen LogP contribution in [0, 0.1) is 21.4 Å². The van der Waals surface area contributed by atoms with Gasteiger partial charge in [0.05, 0.1) is 12.0 Å². The number of nitriles is 1. The van der Waals surface area contributed by atoms with Crippen LogP contribution in [0.4, 0.5) is 11.4 Å². The van der Waals surface area contributed by atoms with Crippen LogP contribution in [-0.2, 0) is 4.79 Å². The number of ether oxygens (including phenoxy) is 1. The fraction of sp³-hybridized carbons (Fsp3) is 0.0588. The molecule has 0 bridgehead atoms. The Hall–Kier alpha value is -3.37. The molecule has 2 rings (SSSR count). The molecule has 126 valence electrons. The summed E-state index contributed by atoms with van der Waals surface area (Å²) in [4.78, 5) is 22.5. The van der Waals surface area contributed by atoms with Crippen molar-refractivity contribution in [3.8, 4) is 11.8 Å². The van der Waals surface area contributed by atoms with Crippen LogP contribution in [-0.4, -0.2) is 17.9 Å². The zero-order valence-corrected chi connectivity index (χ0v) is 13.8. The topological polar surface area (TPSA) is 105 Å². The third kappa shape index (κ3) is 4.56. The highest BCUT2D eigenvalue weighted by atomic mass is 35.5. The second kappa shape index (κ2) is 7.95. The number of nitrogens with zero attached hydrogens (tertiary/aromatic N) is 2. The number of methoxy groups -OCH3 is 1. The Morgan fingerprint density at radius 1 is 1.36 bits per heavy atom. The highest BCUT2D eigenvalue weighted by molar-refractivity contribution is 6.32. The predicted octanol–water partition coefficient (Wildman–Crippen LogP) is 3.80. The van der Waals surface area contributed by atoms with Gasteiger partial charge in [-0.1, -0.05) is 23.7 Å². The number of nitro groups is 1. The normalized spacial score (nSPS) is 10.7. The maximum atomic E-state index is 12.2. The van der Waals surface area contributed by atoms with E-state index in [0.29, 0.717) is 17.0 Å². The molecule has 2 aromatic carbocycles. The van der Waals surface area contributed by atoms with Gasteiger partial charge in [0.2, 0.25) is 0 Å². The van der Waals surface area contributed by atoms with Crippen molar-refractivity contribution >= 4 is 35.0 Å². The fourth-order valence-electron chi connectivity index (χ4n) is 1.97. The lowest BCUT2D eigenvalue weighted by atomic mass is 10.1. The van der Waals surface area contributed by atoms with E-state index in [-0.39, 0.29) is 16.3 Å². The van der Waals surface area contributed by atoms with Crippen LogP contribution in [0.15, 0.2) is 48.0 Å². The number of nitrogens with one attached hydrogen (secondary N) is 1. The number of carbonyl (C=O) groups is 1. The van der Waals surface area contributed by atoms with Gasteiger partial charge in [0.1, 0.15) is 22.4 Å². The highest BCUT2D eigenvalue weighted by Gasteiger charge is 2.14. The molecule has 0 radical (unpaired) electrons. The Bertz CT molecular complexity index is 903. The van der Waals surface area contributed by atoms with Crippen LogP contribution in [0.1, 0.15) is 5.56 Å². The minimum Gasteiger partial charge on any atom is -0.497 e. The van der Waals surface area contributed by atoms with Crippen LogP contribution in [0.5, 0.6) is 5.75 Å². The van der Waals surface area contributed by atoms with Crippen molar-refractivity contribution in [2.75, 3.05) is 12.4 Å². The molecule has 8 heteroatoms. The van der Waals surface area contributed by atoms with E-state index in [0.717, 1.165) is 0 Å². The molecule has 0 fully saturated rings. The molecule has 0 aliphatic rings. The summed E-state index contributed by atoms with van der Waals surface area (Å²) in [6.07, 6.45) is 1.25. The van der Waals surface area contributed by atoms with Crippen molar-refractivity contribution in [2.24, 2.45) is 0 Å². The largest absolute Gasteiger partial charge is 0.497 e. The molecule has 2 aromatic rings. The van der Waals surface area contributed by atoms with Crippen molar-refractivity contribution in [1.82, 2.24) is 0 Å². The van der Waals surface area contributed by atoms with E-state index in [9.17, 15) is 20.2 Å². The molecular weight excluding hydrogens is 346 g/mol. The molecule has 7 nitrogen and oxygen atoms in total. The van der Waals surface area contributed by atoms with Gasteiger partial charge in [-0.15, -0.1) is 0 Å². The van der Waals surface area contributed by atoms with E-state index in [4.69, 9.17) is 16.3 Å². The molecule has 0 saturated carbocycles. The van der Waals surface area contributed by atoms with E-state index in [1.807, 2.05) is 0 Å². The first-order chi connectivity index (χ1) is 11.9. The second-order valence-electron chi connectivity index (χ2n) is 4.82. The first-order valence-corrected chi connectivity index (χ1v) is 7.33. The van der Waals surface area contributed by atoms with Gasteiger partial charge in [0, 0.05) is 17.8 Å². The highest BCUT2D eigenvalue weighted by Crippen LogP contribution is 2.26. The minimum atomic E-state index is -0.645. The Balaban J connectivity index is 2.28. The predicted molar refractivity (Wildman–Crippen MR) is 93.3 cm³/mol. The average molecular weight is 358 g/mol. The van der Waals surface area contributed by atoms with Crippen molar-refractivity contribution in [2.45, 2.75) is 0 Å². The SMILES string of the molecule is COc1cccc(NC(=O)/C(C#N)=C/c2ccc(Cl)c([N+](=O)[O-])c2)c1. The zero-order valence-electron chi connectivity index (χ0n) is 13.0. The molecule has 0 aliphatic carbocycles. The number of anilines is 1. The summed E-state index contributed by atoms with van der Waals surface area (Å²) in [6.45, 7) is 0. The molecule has 0 unspecified atom stereocenters. The molecule has 25 heavy (non-hydrogen) atoms. The summed E-state index contributed by atoms with van der Waals surface area (Å²) in [5.74, 6) is -0.0954. The molecular formula is C17H12ClN3O4. The Morgan fingerprint density at radius 2 is 2.12 bits per heavy atom. The maximum Gasteiger partial charge on any atom is 0.288 e.